The first kappa shape index (κ1) is 10.1. The van der Waals surface area contributed by atoms with E-state index < -0.39 is 0 Å². The van der Waals surface area contributed by atoms with Crippen molar-refractivity contribution in [2.75, 3.05) is 18.5 Å². The van der Waals surface area contributed by atoms with Gasteiger partial charge in [-0.05, 0) is 37.8 Å². The van der Waals surface area contributed by atoms with Crippen LogP contribution in [-0.2, 0) is 6.42 Å². The summed E-state index contributed by atoms with van der Waals surface area (Å²) in [6.07, 6.45) is 3.11. The van der Waals surface area contributed by atoms with Gasteiger partial charge >= 0.3 is 0 Å². The van der Waals surface area contributed by atoms with Crippen molar-refractivity contribution in [1.29, 1.82) is 0 Å². The van der Waals surface area contributed by atoms with Crippen molar-refractivity contribution in [2.24, 2.45) is 0 Å². The summed E-state index contributed by atoms with van der Waals surface area (Å²) in [5.74, 6) is 1.06. The molecular weight excluding hydrogens is 188 g/mol. The molecule has 0 radical (unpaired) electrons. The molecule has 0 atom stereocenters. The number of hydrogen-bond donors (Lipinski definition) is 0. The molecule has 15 heavy (non-hydrogen) atoms. The fraction of sp³-hybridized carbons (Fsp3) is 0.500. The molecular formula is C12H16N2O. The standard InChI is InChI=1S/C12H16N2O/c1-8-10-5-4-6-14(3)12(10)13-9(2)11(8)7-15/h7H,4-6H2,1-3H3. The molecule has 0 bridgehead atoms. The summed E-state index contributed by atoms with van der Waals surface area (Å²) in [4.78, 5) is 17.7. The minimum absolute atomic E-state index is 0.768. The molecule has 0 aliphatic carbocycles. The third kappa shape index (κ3) is 1.52. The Kier molecular flexibility index (Phi) is 2.47. The molecule has 0 fully saturated rings. The maximum atomic E-state index is 11.0. The monoisotopic (exact) mass is 204 g/mol. The Hall–Kier alpha value is -1.38. The molecule has 0 spiro atoms. The van der Waals surface area contributed by atoms with Crippen LogP contribution >= 0.6 is 0 Å². The fourth-order valence-electron chi connectivity index (χ4n) is 2.28. The quantitative estimate of drug-likeness (QED) is 0.655. The predicted molar refractivity (Wildman–Crippen MR) is 60.7 cm³/mol. The van der Waals surface area contributed by atoms with Gasteiger partial charge < -0.3 is 4.90 Å². The number of rotatable bonds is 1. The van der Waals surface area contributed by atoms with Crippen LogP contribution in [0.15, 0.2) is 0 Å². The van der Waals surface area contributed by atoms with E-state index in [0.717, 1.165) is 48.3 Å². The molecule has 1 aromatic heterocycles. The lowest BCUT2D eigenvalue weighted by atomic mass is 9.96. The number of carbonyl (C=O) groups is 1. The summed E-state index contributed by atoms with van der Waals surface area (Å²) in [6, 6.07) is 0. The summed E-state index contributed by atoms with van der Waals surface area (Å²) < 4.78 is 0. The molecule has 1 aliphatic rings. The average molecular weight is 204 g/mol. The van der Waals surface area contributed by atoms with Crippen LogP contribution in [0.2, 0.25) is 0 Å². The first-order valence-corrected chi connectivity index (χ1v) is 5.31. The topological polar surface area (TPSA) is 33.2 Å². The smallest absolute Gasteiger partial charge is 0.152 e. The van der Waals surface area contributed by atoms with Gasteiger partial charge in [-0.25, -0.2) is 4.98 Å². The summed E-state index contributed by atoms with van der Waals surface area (Å²) in [7, 11) is 2.06. The molecule has 2 rings (SSSR count). The second kappa shape index (κ2) is 3.65. The lowest BCUT2D eigenvalue weighted by Crippen LogP contribution is -2.27. The minimum atomic E-state index is 0.768. The van der Waals surface area contributed by atoms with Crippen LogP contribution in [0.25, 0.3) is 0 Å². The highest BCUT2D eigenvalue weighted by Gasteiger charge is 2.20. The van der Waals surface area contributed by atoms with Gasteiger partial charge in [0.05, 0.1) is 5.69 Å². The Morgan fingerprint density at radius 2 is 2.13 bits per heavy atom. The predicted octanol–water partition coefficient (Wildman–Crippen LogP) is 1.89. The van der Waals surface area contributed by atoms with E-state index in [9.17, 15) is 4.79 Å². The Bertz CT molecular complexity index is 413. The van der Waals surface area contributed by atoms with Gasteiger partial charge in [-0.3, -0.25) is 4.79 Å². The number of aromatic nitrogens is 1. The number of nitrogens with zero attached hydrogens (tertiary/aromatic N) is 2. The third-order valence-electron chi connectivity index (χ3n) is 3.19. The number of anilines is 1. The summed E-state index contributed by atoms with van der Waals surface area (Å²) in [5, 5.41) is 0. The SMILES string of the molecule is Cc1nc2c(c(C)c1C=O)CCCN2C. The lowest BCUT2D eigenvalue weighted by Gasteiger charge is -2.28. The number of fused-ring (bicyclic) bond motifs is 1. The van der Waals surface area contributed by atoms with Crippen LogP contribution in [0.3, 0.4) is 0 Å². The second-order valence-electron chi connectivity index (χ2n) is 4.18. The van der Waals surface area contributed by atoms with Crippen LogP contribution < -0.4 is 4.90 Å². The first-order chi connectivity index (χ1) is 7.15. The number of pyridine rings is 1. The van der Waals surface area contributed by atoms with E-state index in [0.29, 0.717) is 0 Å². The largest absolute Gasteiger partial charge is 0.359 e. The Morgan fingerprint density at radius 1 is 1.40 bits per heavy atom. The molecule has 80 valence electrons. The van der Waals surface area contributed by atoms with E-state index in [1.165, 1.54) is 5.56 Å². The molecule has 2 heterocycles. The highest BCUT2D eigenvalue weighted by molar-refractivity contribution is 5.81. The molecule has 0 aromatic carbocycles. The number of aldehydes is 1. The van der Waals surface area contributed by atoms with Crippen molar-refractivity contribution in [1.82, 2.24) is 4.98 Å². The van der Waals surface area contributed by atoms with Crippen LogP contribution in [0, 0.1) is 13.8 Å². The van der Waals surface area contributed by atoms with Crippen LogP contribution in [0.4, 0.5) is 5.82 Å². The molecule has 0 amide bonds. The van der Waals surface area contributed by atoms with Crippen LogP contribution in [-0.4, -0.2) is 24.9 Å². The van der Waals surface area contributed by atoms with E-state index in [1.54, 1.807) is 0 Å². The molecule has 3 nitrogen and oxygen atoms in total. The zero-order valence-corrected chi connectivity index (χ0v) is 9.50. The molecule has 0 unspecified atom stereocenters. The van der Waals surface area contributed by atoms with Crippen molar-refractivity contribution in [2.45, 2.75) is 26.7 Å². The maximum Gasteiger partial charge on any atom is 0.152 e. The zero-order valence-electron chi connectivity index (χ0n) is 9.50. The van der Waals surface area contributed by atoms with Crippen LogP contribution in [0.5, 0.6) is 0 Å². The third-order valence-corrected chi connectivity index (χ3v) is 3.19. The summed E-state index contributed by atoms with van der Waals surface area (Å²) >= 11 is 0. The highest BCUT2D eigenvalue weighted by Crippen LogP contribution is 2.29. The molecule has 0 saturated heterocycles. The molecule has 1 aromatic rings. The second-order valence-corrected chi connectivity index (χ2v) is 4.18. The van der Waals surface area contributed by atoms with Crippen molar-refractivity contribution < 1.29 is 4.79 Å². The van der Waals surface area contributed by atoms with Gasteiger partial charge in [0.1, 0.15) is 5.82 Å². The molecule has 3 heteroatoms. The lowest BCUT2D eigenvalue weighted by molar-refractivity contribution is 0.112. The van der Waals surface area contributed by atoms with Crippen molar-refractivity contribution in [3.63, 3.8) is 0 Å². The highest BCUT2D eigenvalue weighted by atomic mass is 16.1. The minimum Gasteiger partial charge on any atom is -0.359 e. The van der Waals surface area contributed by atoms with Gasteiger partial charge in [0.15, 0.2) is 6.29 Å². The summed E-state index contributed by atoms with van der Waals surface area (Å²) in [5.41, 5.74) is 3.97. The average Bonchev–Trinajstić information content (AvgIpc) is 2.20. The van der Waals surface area contributed by atoms with Crippen molar-refractivity contribution in [3.8, 4) is 0 Å². The number of hydrogen-bond acceptors (Lipinski definition) is 3. The normalized spacial score (nSPS) is 15.0. The first-order valence-electron chi connectivity index (χ1n) is 5.31. The van der Waals surface area contributed by atoms with Gasteiger partial charge in [0, 0.05) is 19.2 Å². The Labute approximate surface area is 90.1 Å². The van der Waals surface area contributed by atoms with E-state index in [1.807, 2.05) is 13.8 Å². The van der Waals surface area contributed by atoms with Gasteiger partial charge in [-0.1, -0.05) is 0 Å². The van der Waals surface area contributed by atoms with E-state index in [4.69, 9.17) is 0 Å². The molecule has 1 aliphatic heterocycles. The summed E-state index contributed by atoms with van der Waals surface area (Å²) in [6.45, 7) is 4.98. The van der Waals surface area contributed by atoms with Gasteiger partial charge in [-0.2, -0.15) is 0 Å². The maximum absolute atomic E-state index is 11.0. The van der Waals surface area contributed by atoms with E-state index >= 15 is 0 Å². The van der Waals surface area contributed by atoms with Gasteiger partial charge in [0.2, 0.25) is 0 Å². The molecule has 0 saturated carbocycles. The zero-order chi connectivity index (χ0) is 11.0. The van der Waals surface area contributed by atoms with Crippen molar-refractivity contribution >= 4 is 12.1 Å². The Morgan fingerprint density at radius 3 is 2.80 bits per heavy atom. The van der Waals surface area contributed by atoms with Gasteiger partial charge in [-0.15, -0.1) is 0 Å². The number of aryl methyl sites for hydroxylation is 1. The van der Waals surface area contributed by atoms with Crippen molar-refractivity contribution in [3.05, 3.63) is 22.4 Å². The van der Waals surface area contributed by atoms with E-state index in [2.05, 4.69) is 16.9 Å². The molecule has 0 N–H and O–H groups in total. The van der Waals surface area contributed by atoms with Gasteiger partial charge in [0.25, 0.3) is 0 Å². The fourth-order valence-corrected chi connectivity index (χ4v) is 2.28. The number of carbonyl (C=O) groups excluding carboxylic acids is 1. The van der Waals surface area contributed by atoms with E-state index in [-0.39, 0.29) is 0 Å². The van der Waals surface area contributed by atoms with Crippen LogP contribution in [0.1, 0.15) is 33.6 Å². The Balaban J connectivity index is 2.66.